The first-order chi connectivity index (χ1) is 8.93. The summed E-state index contributed by atoms with van der Waals surface area (Å²) in [5.41, 5.74) is 5.00. The van der Waals surface area contributed by atoms with E-state index < -0.39 is 0 Å². The molecule has 0 aliphatic heterocycles. The number of benzene rings is 1. The van der Waals surface area contributed by atoms with Gasteiger partial charge in [0, 0.05) is 29.6 Å². The van der Waals surface area contributed by atoms with Crippen LogP contribution in [0.25, 0.3) is 11.1 Å². The second-order valence-corrected chi connectivity index (χ2v) is 5.66. The summed E-state index contributed by atoms with van der Waals surface area (Å²) in [5.74, 6) is 0. The molecule has 0 bridgehead atoms. The molecule has 2 nitrogen and oxygen atoms in total. The smallest absolute Gasteiger partial charge is 0.0401 e. The number of pyridine rings is 1. The Balaban J connectivity index is 2.44. The fraction of sp³-hybridized carbons (Fsp3) is 0.353. The van der Waals surface area contributed by atoms with Gasteiger partial charge in [-0.2, -0.15) is 0 Å². The topological polar surface area (TPSA) is 16.1 Å². The van der Waals surface area contributed by atoms with Crippen LogP contribution in [0, 0.1) is 13.0 Å². The molecule has 0 aliphatic carbocycles. The predicted octanol–water partition coefficient (Wildman–Crippen LogP) is 3.65. The van der Waals surface area contributed by atoms with E-state index in [1.165, 1.54) is 16.7 Å². The molecule has 1 aromatic heterocycles. The Kier molecular flexibility index (Phi) is 3.72. The van der Waals surface area contributed by atoms with Crippen LogP contribution in [-0.4, -0.2) is 24.0 Å². The Bertz CT molecular complexity index is 557. The van der Waals surface area contributed by atoms with E-state index in [2.05, 4.69) is 69.0 Å². The van der Waals surface area contributed by atoms with E-state index in [4.69, 9.17) is 0 Å². The normalized spacial score (nSPS) is 11.9. The van der Waals surface area contributed by atoms with E-state index in [0.29, 0.717) is 0 Å². The van der Waals surface area contributed by atoms with Crippen molar-refractivity contribution in [2.45, 2.75) is 26.3 Å². The lowest BCUT2D eigenvalue weighted by Gasteiger charge is -2.34. The second kappa shape index (κ2) is 5.14. The zero-order valence-corrected chi connectivity index (χ0v) is 12.4. The monoisotopic (exact) mass is 253 g/mol. The highest BCUT2D eigenvalue weighted by molar-refractivity contribution is 5.64. The van der Waals surface area contributed by atoms with Gasteiger partial charge in [-0.3, -0.25) is 4.98 Å². The molecule has 0 saturated heterocycles. The number of rotatable bonds is 3. The van der Waals surface area contributed by atoms with Crippen LogP contribution in [0.3, 0.4) is 0 Å². The van der Waals surface area contributed by atoms with Crippen LogP contribution in [0.5, 0.6) is 0 Å². The van der Waals surface area contributed by atoms with Crippen molar-refractivity contribution < 1.29 is 0 Å². The summed E-state index contributed by atoms with van der Waals surface area (Å²) < 4.78 is 0. The van der Waals surface area contributed by atoms with Crippen LogP contribution >= 0.6 is 0 Å². The molecule has 0 N–H and O–H groups in total. The Hall–Kier alpha value is -1.67. The minimum Gasteiger partial charge on any atom is -0.300 e. The molecular weight excluding hydrogens is 232 g/mol. The van der Waals surface area contributed by atoms with Crippen molar-refractivity contribution in [3.8, 4) is 11.1 Å². The summed E-state index contributed by atoms with van der Waals surface area (Å²) in [7, 11) is 4.23. The van der Waals surface area contributed by atoms with Crippen molar-refractivity contribution in [2.75, 3.05) is 14.1 Å². The average Bonchev–Trinajstić information content (AvgIpc) is 2.39. The fourth-order valence-corrected chi connectivity index (χ4v) is 2.25. The summed E-state index contributed by atoms with van der Waals surface area (Å²) in [5, 5.41) is 0. The maximum absolute atomic E-state index is 4.13. The molecule has 0 fully saturated rings. The number of hydrogen-bond donors (Lipinski definition) is 0. The molecule has 1 radical (unpaired) electrons. The van der Waals surface area contributed by atoms with Gasteiger partial charge in [-0.1, -0.05) is 18.2 Å². The van der Waals surface area contributed by atoms with E-state index in [9.17, 15) is 0 Å². The molecule has 0 amide bonds. The van der Waals surface area contributed by atoms with Crippen LogP contribution in [0.1, 0.15) is 25.0 Å². The number of nitrogens with zero attached hydrogens (tertiary/aromatic N) is 2. The molecule has 0 aliphatic rings. The third-order valence-electron chi connectivity index (χ3n) is 3.94. The second-order valence-electron chi connectivity index (χ2n) is 5.66. The van der Waals surface area contributed by atoms with Gasteiger partial charge in [0.2, 0.25) is 0 Å². The highest BCUT2D eigenvalue weighted by Crippen LogP contribution is 2.31. The van der Waals surface area contributed by atoms with Gasteiger partial charge in [0.15, 0.2) is 0 Å². The van der Waals surface area contributed by atoms with Gasteiger partial charge in [-0.15, -0.1) is 0 Å². The molecule has 0 spiro atoms. The van der Waals surface area contributed by atoms with Gasteiger partial charge in [-0.25, -0.2) is 0 Å². The highest BCUT2D eigenvalue weighted by atomic mass is 15.1. The zero-order valence-electron chi connectivity index (χ0n) is 12.4. The van der Waals surface area contributed by atoms with E-state index >= 15 is 0 Å². The van der Waals surface area contributed by atoms with Crippen molar-refractivity contribution in [2.24, 2.45) is 0 Å². The largest absolute Gasteiger partial charge is 0.300 e. The lowest BCUT2D eigenvalue weighted by molar-refractivity contribution is 0.197. The predicted molar refractivity (Wildman–Crippen MR) is 80.0 cm³/mol. The molecule has 2 heteroatoms. The van der Waals surface area contributed by atoms with Crippen LogP contribution < -0.4 is 0 Å². The minimum atomic E-state index is 0.0314. The van der Waals surface area contributed by atoms with E-state index in [1.54, 1.807) is 6.20 Å². The van der Waals surface area contributed by atoms with Gasteiger partial charge in [-0.05, 0) is 57.6 Å². The molecule has 1 aromatic carbocycles. The maximum Gasteiger partial charge on any atom is 0.0401 e. The molecular formula is C17H21N2. The third-order valence-corrected chi connectivity index (χ3v) is 3.94. The molecule has 0 saturated carbocycles. The molecule has 2 aromatic rings. The summed E-state index contributed by atoms with van der Waals surface area (Å²) in [6.45, 7) is 6.66. The van der Waals surface area contributed by atoms with E-state index in [0.717, 1.165) is 5.56 Å². The number of aromatic nitrogens is 1. The first-order valence-corrected chi connectivity index (χ1v) is 6.53. The van der Waals surface area contributed by atoms with Gasteiger partial charge in [0.1, 0.15) is 0 Å². The fourth-order valence-electron chi connectivity index (χ4n) is 2.25. The zero-order chi connectivity index (χ0) is 14.0. The molecule has 2 rings (SSSR count). The number of aryl methyl sites for hydroxylation is 1. The number of hydrogen-bond acceptors (Lipinski definition) is 2. The van der Waals surface area contributed by atoms with Crippen LogP contribution in [0.4, 0.5) is 0 Å². The van der Waals surface area contributed by atoms with Gasteiger partial charge in [0.25, 0.3) is 0 Å². The van der Waals surface area contributed by atoms with Crippen molar-refractivity contribution in [1.82, 2.24) is 9.88 Å². The van der Waals surface area contributed by atoms with Crippen LogP contribution in [-0.2, 0) is 5.54 Å². The van der Waals surface area contributed by atoms with Gasteiger partial charge in [0.05, 0.1) is 0 Å². The standard InChI is InChI=1S/C17H21N2/c1-13-11-14(15-7-6-10-18-12-15)8-9-16(13)17(2,3)19(4)5/h7-12H,1-5H3. The first kappa shape index (κ1) is 13.8. The van der Waals surface area contributed by atoms with E-state index in [-0.39, 0.29) is 5.54 Å². The third kappa shape index (κ3) is 2.69. The molecule has 99 valence electrons. The average molecular weight is 253 g/mol. The quantitative estimate of drug-likeness (QED) is 0.830. The Morgan fingerprint density at radius 3 is 2.42 bits per heavy atom. The van der Waals surface area contributed by atoms with Crippen LogP contribution in [0.15, 0.2) is 36.7 Å². The van der Waals surface area contributed by atoms with Crippen molar-refractivity contribution in [3.63, 3.8) is 0 Å². The molecule has 19 heavy (non-hydrogen) atoms. The lowest BCUT2D eigenvalue weighted by atomic mass is 9.87. The minimum absolute atomic E-state index is 0.0314. The Labute approximate surface area is 116 Å². The highest BCUT2D eigenvalue weighted by Gasteiger charge is 2.24. The Morgan fingerprint density at radius 2 is 1.89 bits per heavy atom. The van der Waals surface area contributed by atoms with Crippen molar-refractivity contribution in [3.05, 3.63) is 53.9 Å². The van der Waals surface area contributed by atoms with Gasteiger partial charge < -0.3 is 4.90 Å². The molecule has 0 atom stereocenters. The van der Waals surface area contributed by atoms with Gasteiger partial charge >= 0.3 is 0 Å². The van der Waals surface area contributed by atoms with Crippen molar-refractivity contribution >= 4 is 0 Å². The first-order valence-electron chi connectivity index (χ1n) is 6.53. The van der Waals surface area contributed by atoms with Crippen molar-refractivity contribution in [1.29, 1.82) is 0 Å². The maximum atomic E-state index is 4.13. The Morgan fingerprint density at radius 1 is 1.16 bits per heavy atom. The van der Waals surface area contributed by atoms with Crippen LogP contribution in [0.2, 0.25) is 0 Å². The summed E-state index contributed by atoms with van der Waals surface area (Å²) in [6, 6.07) is 11.6. The summed E-state index contributed by atoms with van der Waals surface area (Å²) in [6.07, 6.45) is 3.56. The summed E-state index contributed by atoms with van der Waals surface area (Å²) in [4.78, 5) is 6.37. The lowest BCUT2D eigenvalue weighted by Crippen LogP contribution is -2.35. The SMILES string of the molecule is Cc1cc(-c2c[c]cnc2)ccc1C(C)(C)N(C)C. The molecule has 1 heterocycles. The van der Waals surface area contributed by atoms with E-state index in [1.807, 2.05) is 12.3 Å². The summed E-state index contributed by atoms with van der Waals surface area (Å²) >= 11 is 0. The molecule has 0 unspecified atom stereocenters.